The van der Waals surface area contributed by atoms with Crippen LogP contribution in [0.5, 0.6) is 5.75 Å². The fourth-order valence-corrected chi connectivity index (χ4v) is 3.56. The number of hydrogen-bond donors (Lipinski definition) is 1. The zero-order valence-corrected chi connectivity index (χ0v) is 14.2. The third-order valence-corrected chi connectivity index (χ3v) is 4.63. The molecule has 2 atom stereocenters. The van der Waals surface area contributed by atoms with E-state index in [1.54, 1.807) is 7.11 Å². The van der Waals surface area contributed by atoms with E-state index in [4.69, 9.17) is 10.5 Å². The Kier molecular flexibility index (Phi) is 5.47. The Morgan fingerprint density at radius 3 is 2.85 bits per heavy atom. The Morgan fingerprint density at radius 2 is 2.20 bits per heavy atom. The molecule has 4 heteroatoms. The summed E-state index contributed by atoms with van der Waals surface area (Å²) in [6, 6.07) is 6.62. The summed E-state index contributed by atoms with van der Waals surface area (Å²) in [5.74, 6) is 1.54. The van der Waals surface area contributed by atoms with Crippen molar-refractivity contribution in [3.05, 3.63) is 28.2 Å². The normalized spacial score (nSPS) is 24.1. The second-order valence-corrected chi connectivity index (χ2v) is 6.88. The molecule has 0 aliphatic carbocycles. The molecule has 0 aromatic heterocycles. The molecule has 1 aromatic rings. The molecule has 112 valence electrons. The summed E-state index contributed by atoms with van der Waals surface area (Å²) in [7, 11) is 1.71. The average molecular weight is 341 g/mol. The molecule has 0 bridgehead atoms. The molecule has 0 saturated carbocycles. The minimum atomic E-state index is 0.186. The molecule has 1 saturated heterocycles. The molecule has 2 unspecified atom stereocenters. The first-order valence-electron chi connectivity index (χ1n) is 7.36. The molecule has 1 aliphatic heterocycles. The number of rotatable bonds is 4. The predicted molar refractivity (Wildman–Crippen MR) is 87.1 cm³/mol. The van der Waals surface area contributed by atoms with Gasteiger partial charge in [0.05, 0.1) is 13.2 Å². The van der Waals surface area contributed by atoms with Crippen LogP contribution in [0.1, 0.15) is 38.3 Å². The van der Waals surface area contributed by atoms with Crippen LogP contribution in [0, 0.1) is 5.92 Å². The van der Waals surface area contributed by atoms with E-state index < -0.39 is 0 Å². The minimum absolute atomic E-state index is 0.186. The quantitative estimate of drug-likeness (QED) is 0.910. The number of piperidine rings is 1. The third-order valence-electron chi connectivity index (χ3n) is 3.90. The molecular weight excluding hydrogens is 316 g/mol. The van der Waals surface area contributed by atoms with Crippen molar-refractivity contribution in [2.24, 2.45) is 11.7 Å². The van der Waals surface area contributed by atoms with Gasteiger partial charge in [0.1, 0.15) is 5.75 Å². The lowest BCUT2D eigenvalue weighted by Crippen LogP contribution is -2.47. The van der Waals surface area contributed by atoms with Gasteiger partial charge in [0.15, 0.2) is 0 Å². The van der Waals surface area contributed by atoms with E-state index in [0.29, 0.717) is 5.92 Å². The zero-order chi connectivity index (χ0) is 14.7. The van der Waals surface area contributed by atoms with Gasteiger partial charge in [0, 0.05) is 17.1 Å². The Hall–Kier alpha value is -0.580. The lowest BCUT2D eigenvalue weighted by molar-refractivity contribution is 0.113. The van der Waals surface area contributed by atoms with E-state index in [9.17, 15) is 0 Å². The summed E-state index contributed by atoms with van der Waals surface area (Å²) in [4.78, 5) is 2.53. The molecule has 0 radical (unpaired) electrons. The van der Waals surface area contributed by atoms with E-state index in [0.717, 1.165) is 29.7 Å². The van der Waals surface area contributed by atoms with E-state index in [2.05, 4.69) is 46.8 Å². The smallest absolute Gasteiger partial charge is 0.119 e. The standard InChI is InChI=1S/C16H25BrN2O/c1-11(2)10-19-8-4-5-15(18)16(19)13-9-12(20-3)6-7-14(13)17/h6-7,9,11,15-16H,4-5,8,10,18H2,1-3H3. The first kappa shape index (κ1) is 15.8. The van der Waals surface area contributed by atoms with Gasteiger partial charge < -0.3 is 10.5 Å². The topological polar surface area (TPSA) is 38.5 Å². The van der Waals surface area contributed by atoms with Crippen molar-refractivity contribution in [3.63, 3.8) is 0 Å². The van der Waals surface area contributed by atoms with E-state index in [1.165, 1.54) is 12.0 Å². The van der Waals surface area contributed by atoms with E-state index >= 15 is 0 Å². The van der Waals surface area contributed by atoms with Gasteiger partial charge in [0.25, 0.3) is 0 Å². The van der Waals surface area contributed by atoms with Crippen LogP contribution in [0.25, 0.3) is 0 Å². The number of ether oxygens (including phenoxy) is 1. The number of hydrogen-bond acceptors (Lipinski definition) is 3. The molecular formula is C16H25BrN2O. The van der Waals surface area contributed by atoms with Crippen molar-refractivity contribution >= 4 is 15.9 Å². The first-order chi connectivity index (χ1) is 9.52. The van der Waals surface area contributed by atoms with Crippen LogP contribution in [0.2, 0.25) is 0 Å². The number of halogens is 1. The van der Waals surface area contributed by atoms with Crippen molar-refractivity contribution in [1.29, 1.82) is 0 Å². The number of methoxy groups -OCH3 is 1. The second-order valence-electron chi connectivity index (χ2n) is 6.03. The van der Waals surface area contributed by atoms with Crippen molar-refractivity contribution in [1.82, 2.24) is 4.90 Å². The van der Waals surface area contributed by atoms with Crippen LogP contribution in [0.4, 0.5) is 0 Å². The van der Waals surface area contributed by atoms with Gasteiger partial charge in [-0.2, -0.15) is 0 Å². The summed E-state index contributed by atoms with van der Waals surface area (Å²) in [5, 5.41) is 0. The maximum atomic E-state index is 6.43. The lowest BCUT2D eigenvalue weighted by atomic mass is 9.90. The van der Waals surface area contributed by atoms with Crippen LogP contribution in [0.3, 0.4) is 0 Å². The van der Waals surface area contributed by atoms with Gasteiger partial charge in [-0.3, -0.25) is 4.90 Å². The molecule has 1 fully saturated rings. The van der Waals surface area contributed by atoms with Gasteiger partial charge >= 0.3 is 0 Å². The van der Waals surface area contributed by atoms with E-state index in [1.807, 2.05) is 6.07 Å². The minimum Gasteiger partial charge on any atom is -0.497 e. The highest BCUT2D eigenvalue weighted by Gasteiger charge is 2.32. The highest BCUT2D eigenvalue weighted by molar-refractivity contribution is 9.10. The lowest BCUT2D eigenvalue weighted by Gasteiger charge is -2.41. The predicted octanol–water partition coefficient (Wildman–Crippen LogP) is 3.58. The Morgan fingerprint density at radius 1 is 1.45 bits per heavy atom. The fraction of sp³-hybridized carbons (Fsp3) is 0.625. The average Bonchev–Trinajstić information content (AvgIpc) is 2.40. The summed E-state index contributed by atoms with van der Waals surface area (Å²) in [5.41, 5.74) is 7.68. The molecule has 2 rings (SSSR count). The van der Waals surface area contributed by atoms with Gasteiger partial charge in [0.2, 0.25) is 0 Å². The summed E-state index contributed by atoms with van der Waals surface area (Å²) < 4.78 is 6.49. The Balaban J connectivity index is 2.34. The van der Waals surface area contributed by atoms with Crippen LogP contribution in [0.15, 0.2) is 22.7 Å². The fourth-order valence-electron chi connectivity index (χ4n) is 3.07. The molecule has 20 heavy (non-hydrogen) atoms. The monoisotopic (exact) mass is 340 g/mol. The van der Waals surface area contributed by atoms with Gasteiger partial charge in [-0.25, -0.2) is 0 Å². The third kappa shape index (κ3) is 3.54. The van der Waals surface area contributed by atoms with Crippen LogP contribution >= 0.6 is 15.9 Å². The van der Waals surface area contributed by atoms with Crippen molar-refractivity contribution in [2.75, 3.05) is 20.2 Å². The van der Waals surface area contributed by atoms with E-state index in [-0.39, 0.29) is 12.1 Å². The Bertz CT molecular complexity index is 450. The molecule has 1 aromatic carbocycles. The molecule has 1 heterocycles. The number of likely N-dealkylation sites (tertiary alicyclic amines) is 1. The molecule has 3 nitrogen and oxygen atoms in total. The summed E-state index contributed by atoms with van der Waals surface area (Å²) in [6.45, 7) is 6.73. The van der Waals surface area contributed by atoms with Gasteiger partial charge in [-0.05, 0) is 49.1 Å². The van der Waals surface area contributed by atoms with Crippen molar-refractivity contribution in [3.8, 4) is 5.75 Å². The highest BCUT2D eigenvalue weighted by atomic mass is 79.9. The van der Waals surface area contributed by atoms with Crippen LogP contribution in [-0.2, 0) is 0 Å². The SMILES string of the molecule is COc1ccc(Br)c(C2C(N)CCCN2CC(C)C)c1. The van der Waals surface area contributed by atoms with Crippen molar-refractivity contribution < 1.29 is 4.74 Å². The largest absolute Gasteiger partial charge is 0.497 e. The number of nitrogens with zero attached hydrogens (tertiary/aromatic N) is 1. The van der Waals surface area contributed by atoms with Crippen LogP contribution < -0.4 is 10.5 Å². The van der Waals surface area contributed by atoms with Gasteiger partial charge in [-0.1, -0.05) is 29.8 Å². The second kappa shape index (κ2) is 6.92. The van der Waals surface area contributed by atoms with Crippen molar-refractivity contribution in [2.45, 2.75) is 38.8 Å². The number of benzene rings is 1. The maximum Gasteiger partial charge on any atom is 0.119 e. The summed E-state index contributed by atoms with van der Waals surface area (Å²) in [6.07, 6.45) is 2.27. The van der Waals surface area contributed by atoms with Gasteiger partial charge in [-0.15, -0.1) is 0 Å². The molecule has 0 amide bonds. The highest BCUT2D eigenvalue weighted by Crippen LogP contribution is 2.36. The molecule has 2 N–H and O–H groups in total. The zero-order valence-electron chi connectivity index (χ0n) is 12.6. The Labute approximate surface area is 130 Å². The van der Waals surface area contributed by atoms with Crippen LogP contribution in [-0.4, -0.2) is 31.1 Å². The maximum absolute atomic E-state index is 6.43. The molecule has 1 aliphatic rings. The number of nitrogens with two attached hydrogens (primary N) is 1. The summed E-state index contributed by atoms with van der Waals surface area (Å²) >= 11 is 3.68. The first-order valence-corrected chi connectivity index (χ1v) is 8.15. The molecule has 0 spiro atoms.